The van der Waals surface area contributed by atoms with Gasteiger partial charge < -0.3 is 14.5 Å². The topological polar surface area (TPSA) is 112 Å². The fourth-order valence-corrected chi connectivity index (χ4v) is 6.35. The molecule has 0 radical (unpaired) electrons. The van der Waals surface area contributed by atoms with Crippen molar-refractivity contribution < 1.29 is 9.13 Å². The Morgan fingerprint density at radius 3 is 2.07 bits per heavy atom. The number of para-hydroxylation sites is 3. The molecule has 302 valence electrons. The summed E-state index contributed by atoms with van der Waals surface area (Å²) in [6, 6.07) is 36.8. The molecule has 0 saturated heterocycles. The number of aromatic amines is 2. The highest BCUT2D eigenvalue weighted by Crippen LogP contribution is 2.31. The molecule has 0 amide bonds. The molecule has 11 nitrogen and oxygen atoms in total. The van der Waals surface area contributed by atoms with Gasteiger partial charge in [-0.2, -0.15) is 5.11 Å². The number of aromatic nitrogens is 7. The average molecular weight is 788 g/mol. The molecule has 0 bridgehead atoms. The number of benzene rings is 4. The molecule has 59 heavy (non-hydrogen) atoms. The van der Waals surface area contributed by atoms with Gasteiger partial charge in [0, 0.05) is 69.6 Å². The molecule has 2 N–H and O–H groups in total. The van der Waals surface area contributed by atoms with Gasteiger partial charge in [0.2, 0.25) is 6.33 Å². The summed E-state index contributed by atoms with van der Waals surface area (Å²) in [7, 11) is 7.76. The lowest BCUT2D eigenvalue weighted by Gasteiger charge is -1.95. The van der Waals surface area contributed by atoms with Gasteiger partial charge in [-0.15, -0.1) is 9.80 Å². The maximum absolute atomic E-state index is 4.40. The third-order valence-electron chi connectivity index (χ3n) is 9.33. The van der Waals surface area contributed by atoms with Crippen LogP contribution in [-0.4, -0.2) is 24.3 Å². The number of aryl methyl sites for hydroxylation is 6. The summed E-state index contributed by atoms with van der Waals surface area (Å²) >= 11 is 0. The molecule has 11 heteroatoms. The van der Waals surface area contributed by atoms with Crippen LogP contribution < -0.4 is 9.13 Å². The van der Waals surface area contributed by atoms with Crippen molar-refractivity contribution in [3.8, 4) is 0 Å². The predicted molar refractivity (Wildman–Crippen MR) is 245 cm³/mol. The zero-order valence-electron chi connectivity index (χ0n) is 32.5. The first-order valence-corrected chi connectivity index (χ1v) is 18.3. The maximum atomic E-state index is 4.40. The average Bonchev–Trinajstić information content (AvgIpc) is 3.96. The van der Waals surface area contributed by atoms with E-state index in [1.54, 1.807) is 11.0 Å². The van der Waals surface area contributed by atoms with Gasteiger partial charge in [0.25, 0.3) is 0 Å². The first kappa shape index (κ1) is 44.4. The van der Waals surface area contributed by atoms with Crippen LogP contribution >= 0.6 is 0 Å². The van der Waals surface area contributed by atoms with E-state index in [2.05, 4.69) is 116 Å². The molecule has 5 aromatic heterocycles. The van der Waals surface area contributed by atoms with Crippen LogP contribution in [-0.2, 0) is 28.2 Å². The standard InChI is InChI=1S/C16H15N3.C16H14N2.C13H15N6.3CH4/c1-11-6-5-7-13(10-11)18-19-16-12(2)17-15-9-4-3-8-14(15)16;1-18-10-8-13(9-11-18)6-7-14-12-17-16-5-3-2-4-15(14)16;1-17-8-11(10-6-4-5-7-12(10)17)15-16-13-18(2)9-14-19(13)3;;;/h3-10,17H,1-2H3;2-12H,1H3;4-9H,1-3H3;3*1H4/q;;+1;;;/p+1. The second kappa shape index (κ2) is 20.2. The monoisotopic (exact) mass is 787 g/mol. The first-order chi connectivity index (χ1) is 27.2. The number of nitrogens with zero attached hydrogens (tertiary/aromatic N) is 9. The van der Waals surface area contributed by atoms with Crippen LogP contribution in [0.4, 0.5) is 23.0 Å². The predicted octanol–water partition coefficient (Wildman–Crippen LogP) is 12.4. The van der Waals surface area contributed by atoms with E-state index in [-0.39, 0.29) is 22.3 Å². The Morgan fingerprint density at radius 1 is 0.678 bits per heavy atom. The molecule has 0 saturated carbocycles. The highest BCUT2D eigenvalue weighted by Gasteiger charge is 2.13. The van der Waals surface area contributed by atoms with Gasteiger partial charge in [0.05, 0.1) is 25.3 Å². The van der Waals surface area contributed by atoms with Crippen LogP contribution in [0, 0.1) is 13.8 Å². The van der Waals surface area contributed by atoms with Crippen molar-refractivity contribution in [1.29, 1.82) is 0 Å². The Labute approximate surface area is 347 Å². The van der Waals surface area contributed by atoms with Gasteiger partial charge in [-0.1, -0.05) is 106 Å². The van der Waals surface area contributed by atoms with Gasteiger partial charge in [-0.25, -0.2) is 9.13 Å². The summed E-state index contributed by atoms with van der Waals surface area (Å²) in [6.07, 6.45) is 14.1. The highest BCUT2D eigenvalue weighted by atomic mass is 15.4. The molecule has 4 aromatic carbocycles. The second-order valence-electron chi connectivity index (χ2n) is 13.6. The second-order valence-corrected chi connectivity index (χ2v) is 13.6. The van der Waals surface area contributed by atoms with E-state index >= 15 is 0 Å². The lowest BCUT2D eigenvalue weighted by Crippen LogP contribution is -2.25. The minimum Gasteiger partial charge on any atom is -0.361 e. The fourth-order valence-electron chi connectivity index (χ4n) is 6.35. The zero-order valence-corrected chi connectivity index (χ0v) is 32.5. The van der Waals surface area contributed by atoms with E-state index in [0.717, 1.165) is 44.6 Å². The number of nitrogens with one attached hydrogen (secondary N) is 2. The molecule has 0 aliphatic rings. The SMILES string of the molecule is C.C.C.C[n+]1ccc(C=Cc2c[nH]c3ccccc23)cc1.Cc1cccc(N=Nc2c(C)[nH]c3ccccc23)c1.Cn1nc[n+](C)c1N=Nc1cn(C)c2ccccc12. The summed E-state index contributed by atoms with van der Waals surface area (Å²) in [5.41, 5.74) is 10.7. The summed E-state index contributed by atoms with van der Waals surface area (Å²) in [6.45, 7) is 4.07. The third kappa shape index (κ3) is 10.6. The van der Waals surface area contributed by atoms with Crippen LogP contribution in [0.1, 0.15) is 44.7 Å². The van der Waals surface area contributed by atoms with Crippen molar-refractivity contribution in [2.75, 3.05) is 0 Å². The number of rotatable bonds is 6. The molecule has 0 aliphatic carbocycles. The van der Waals surface area contributed by atoms with E-state index in [0.29, 0.717) is 5.95 Å². The van der Waals surface area contributed by atoms with Gasteiger partial charge in [-0.3, -0.25) is 0 Å². The van der Waals surface area contributed by atoms with Crippen molar-refractivity contribution >= 4 is 67.9 Å². The number of fused-ring (bicyclic) bond motifs is 3. The lowest BCUT2D eigenvalue weighted by atomic mass is 10.1. The van der Waals surface area contributed by atoms with E-state index in [1.165, 1.54) is 27.6 Å². The molecule has 0 atom stereocenters. The van der Waals surface area contributed by atoms with E-state index in [1.807, 2.05) is 122 Å². The zero-order chi connectivity index (χ0) is 39.0. The van der Waals surface area contributed by atoms with Crippen LogP contribution in [0.2, 0.25) is 0 Å². The summed E-state index contributed by atoms with van der Waals surface area (Å²) in [5.74, 6) is 0.702. The third-order valence-corrected chi connectivity index (χ3v) is 9.33. The Balaban J connectivity index is 0.000000191. The van der Waals surface area contributed by atoms with Gasteiger partial charge in [0.1, 0.15) is 18.4 Å². The number of hydrogen-bond acceptors (Lipinski definition) is 5. The smallest absolute Gasteiger partial charge is 0.361 e. The molecule has 0 unspecified atom stereocenters. The van der Waals surface area contributed by atoms with Crippen LogP contribution in [0.5, 0.6) is 0 Å². The van der Waals surface area contributed by atoms with E-state index < -0.39 is 0 Å². The van der Waals surface area contributed by atoms with Crippen molar-refractivity contribution in [2.24, 2.45) is 48.6 Å². The van der Waals surface area contributed by atoms with E-state index in [9.17, 15) is 0 Å². The summed E-state index contributed by atoms with van der Waals surface area (Å²) in [5, 5.41) is 24.9. The quantitative estimate of drug-likeness (QED) is 0.127. The maximum Gasteiger partial charge on any atom is 0.403 e. The highest BCUT2D eigenvalue weighted by molar-refractivity contribution is 5.93. The molecule has 0 fully saturated rings. The normalized spacial score (nSPS) is 10.9. The minimum absolute atomic E-state index is 0. The molecule has 9 aromatic rings. The lowest BCUT2D eigenvalue weighted by molar-refractivity contribution is -0.671. The fraction of sp³-hybridized carbons (Fsp3) is 0.188. The Bertz CT molecular complexity index is 2810. The molecular weight excluding hydrogens is 731 g/mol. The number of azo groups is 2. The van der Waals surface area contributed by atoms with Gasteiger partial charge >= 0.3 is 5.95 Å². The molecule has 9 rings (SSSR count). The molecule has 0 spiro atoms. The van der Waals surface area contributed by atoms with Gasteiger partial charge in [0.15, 0.2) is 12.4 Å². The molecular formula is C48H57N11+2. The van der Waals surface area contributed by atoms with Crippen molar-refractivity contribution in [3.05, 3.63) is 163 Å². The van der Waals surface area contributed by atoms with Crippen LogP contribution in [0.15, 0.2) is 161 Å². The van der Waals surface area contributed by atoms with E-state index in [4.69, 9.17) is 0 Å². The summed E-state index contributed by atoms with van der Waals surface area (Å²) in [4.78, 5) is 6.60. The number of hydrogen-bond donors (Lipinski definition) is 2. The first-order valence-electron chi connectivity index (χ1n) is 18.3. The minimum atomic E-state index is 0. The number of H-pyrrole nitrogens is 2. The molecule has 0 aliphatic heterocycles. The summed E-state index contributed by atoms with van der Waals surface area (Å²) < 4.78 is 7.60. The number of pyridine rings is 1. The van der Waals surface area contributed by atoms with Crippen LogP contribution in [0.3, 0.4) is 0 Å². The molecule has 5 heterocycles. The van der Waals surface area contributed by atoms with Crippen molar-refractivity contribution in [2.45, 2.75) is 36.1 Å². The Morgan fingerprint density at radius 2 is 1.36 bits per heavy atom. The van der Waals surface area contributed by atoms with Crippen molar-refractivity contribution in [1.82, 2.24) is 24.3 Å². The van der Waals surface area contributed by atoms with Crippen molar-refractivity contribution in [3.63, 3.8) is 0 Å². The Hall–Kier alpha value is -7.27. The largest absolute Gasteiger partial charge is 0.403 e. The van der Waals surface area contributed by atoms with Gasteiger partial charge in [-0.05, 0) is 66.0 Å². The van der Waals surface area contributed by atoms with Crippen LogP contribution in [0.25, 0.3) is 44.9 Å². The Kier molecular flexibility index (Phi) is 15.2.